The Bertz CT molecular complexity index is 327. The monoisotopic (exact) mass is 190 g/mol. The molecule has 0 fully saturated rings. The van der Waals surface area contributed by atoms with Crippen LogP contribution in [0.3, 0.4) is 0 Å². The van der Waals surface area contributed by atoms with Gasteiger partial charge in [0.25, 0.3) is 0 Å². The van der Waals surface area contributed by atoms with Gasteiger partial charge in [-0.2, -0.15) is 0 Å². The highest BCUT2D eigenvalue weighted by atomic mass is 16.1. The minimum Gasteiger partial charge on any atom is -0.290 e. The highest BCUT2D eigenvalue weighted by molar-refractivity contribution is 6.04. The Hall–Kier alpha value is -1.11. The van der Waals surface area contributed by atoms with Gasteiger partial charge in [0.2, 0.25) is 0 Å². The molecule has 76 valence electrons. The Kier molecular flexibility index (Phi) is 3.10. The lowest BCUT2D eigenvalue weighted by atomic mass is 9.78. The van der Waals surface area contributed by atoms with Gasteiger partial charge in [0, 0.05) is 5.57 Å². The van der Waals surface area contributed by atoms with Gasteiger partial charge >= 0.3 is 0 Å². The summed E-state index contributed by atoms with van der Waals surface area (Å²) in [7, 11) is 0. The van der Waals surface area contributed by atoms with E-state index in [4.69, 9.17) is 0 Å². The summed E-state index contributed by atoms with van der Waals surface area (Å²) in [5, 5.41) is 0. The van der Waals surface area contributed by atoms with Crippen LogP contribution in [-0.4, -0.2) is 5.78 Å². The average molecular weight is 190 g/mol. The van der Waals surface area contributed by atoms with E-state index < -0.39 is 0 Å². The van der Waals surface area contributed by atoms with Crippen LogP contribution in [0.4, 0.5) is 0 Å². The maximum Gasteiger partial charge on any atom is 0.181 e. The molecule has 1 aliphatic carbocycles. The molecule has 0 aromatic rings. The first-order chi connectivity index (χ1) is 6.44. The summed E-state index contributed by atoms with van der Waals surface area (Å²) in [6.07, 6.45) is 8.49. The molecule has 1 heteroatoms. The second-order valence-electron chi connectivity index (χ2n) is 4.59. The van der Waals surface area contributed by atoms with Gasteiger partial charge in [-0.05, 0) is 31.8 Å². The van der Waals surface area contributed by atoms with Crippen molar-refractivity contribution in [3.05, 3.63) is 35.5 Å². The van der Waals surface area contributed by atoms with Gasteiger partial charge in [-0.25, -0.2) is 0 Å². The smallest absolute Gasteiger partial charge is 0.181 e. The van der Waals surface area contributed by atoms with Crippen LogP contribution in [0.1, 0.15) is 34.1 Å². The lowest BCUT2D eigenvalue weighted by Crippen LogP contribution is -2.16. The molecule has 0 saturated carbocycles. The molecule has 0 aliphatic heterocycles. The molecule has 0 aromatic heterocycles. The molecule has 0 N–H and O–H groups in total. The molecule has 1 aliphatic rings. The van der Waals surface area contributed by atoms with Crippen LogP contribution in [0.5, 0.6) is 0 Å². The summed E-state index contributed by atoms with van der Waals surface area (Å²) < 4.78 is 0. The van der Waals surface area contributed by atoms with Crippen molar-refractivity contribution in [3.8, 4) is 0 Å². The Morgan fingerprint density at radius 1 is 1.50 bits per heavy atom. The van der Waals surface area contributed by atoms with Crippen molar-refractivity contribution in [3.63, 3.8) is 0 Å². The summed E-state index contributed by atoms with van der Waals surface area (Å²) in [6, 6.07) is 0. The van der Waals surface area contributed by atoms with Crippen molar-refractivity contribution >= 4 is 5.78 Å². The van der Waals surface area contributed by atoms with Gasteiger partial charge in [0.1, 0.15) is 0 Å². The van der Waals surface area contributed by atoms with Crippen LogP contribution in [0.2, 0.25) is 0 Å². The number of rotatable bonds is 2. The predicted octanol–water partition coefficient (Wildman–Crippen LogP) is 3.43. The Balaban J connectivity index is 2.93. The fourth-order valence-corrected chi connectivity index (χ4v) is 1.94. The van der Waals surface area contributed by atoms with E-state index >= 15 is 0 Å². The molecule has 0 aromatic carbocycles. The van der Waals surface area contributed by atoms with E-state index in [2.05, 4.69) is 19.9 Å². The zero-order valence-corrected chi connectivity index (χ0v) is 9.42. The molecule has 0 unspecified atom stereocenters. The number of carbonyl (C=O) groups excluding carboxylic acids is 1. The van der Waals surface area contributed by atoms with Crippen LogP contribution < -0.4 is 0 Å². The third-order valence-electron chi connectivity index (χ3n) is 2.30. The first-order valence-electron chi connectivity index (χ1n) is 5.02. The van der Waals surface area contributed by atoms with E-state index in [1.807, 2.05) is 19.9 Å². The second-order valence-corrected chi connectivity index (χ2v) is 4.59. The van der Waals surface area contributed by atoms with Crippen molar-refractivity contribution < 1.29 is 4.79 Å². The lowest BCUT2D eigenvalue weighted by Gasteiger charge is -2.26. The molecule has 0 bridgehead atoms. The maximum absolute atomic E-state index is 11.6. The molecule has 0 atom stereocenters. The number of hydrogen-bond donors (Lipinski definition) is 0. The summed E-state index contributed by atoms with van der Waals surface area (Å²) in [5.74, 6) is 0.146. The second kappa shape index (κ2) is 3.95. The average Bonchev–Trinajstić information content (AvgIpc) is 2.00. The molecule has 0 radical (unpaired) electrons. The van der Waals surface area contributed by atoms with Crippen LogP contribution >= 0.6 is 0 Å². The number of ketones is 1. The van der Waals surface area contributed by atoms with E-state index in [1.54, 1.807) is 12.2 Å². The number of carbonyl (C=O) groups is 1. The first-order valence-corrected chi connectivity index (χ1v) is 5.02. The molecule has 1 nitrogen and oxygen atoms in total. The molecule has 0 amide bonds. The Morgan fingerprint density at radius 2 is 2.14 bits per heavy atom. The van der Waals surface area contributed by atoms with E-state index in [-0.39, 0.29) is 11.2 Å². The topological polar surface area (TPSA) is 17.1 Å². The van der Waals surface area contributed by atoms with Crippen molar-refractivity contribution in [2.24, 2.45) is 5.41 Å². The van der Waals surface area contributed by atoms with E-state index in [1.165, 1.54) is 5.57 Å². The minimum atomic E-state index is 0.116. The minimum absolute atomic E-state index is 0.116. The lowest BCUT2D eigenvalue weighted by molar-refractivity contribution is -0.111. The Labute approximate surface area is 86.2 Å². The van der Waals surface area contributed by atoms with Gasteiger partial charge < -0.3 is 0 Å². The highest BCUT2D eigenvalue weighted by Crippen LogP contribution is 2.33. The molecule has 1 rings (SSSR count). The normalized spacial score (nSPS) is 20.6. The summed E-state index contributed by atoms with van der Waals surface area (Å²) in [4.78, 5) is 11.6. The van der Waals surface area contributed by atoms with Crippen LogP contribution in [0.15, 0.2) is 35.5 Å². The van der Waals surface area contributed by atoms with Crippen LogP contribution in [0.25, 0.3) is 0 Å². The summed E-state index contributed by atoms with van der Waals surface area (Å²) in [5.41, 5.74) is 2.23. The van der Waals surface area contributed by atoms with Crippen molar-refractivity contribution in [2.75, 3.05) is 0 Å². The van der Waals surface area contributed by atoms with Crippen molar-refractivity contribution in [1.29, 1.82) is 0 Å². The highest BCUT2D eigenvalue weighted by Gasteiger charge is 2.23. The third kappa shape index (κ3) is 2.69. The summed E-state index contributed by atoms with van der Waals surface area (Å²) in [6.45, 7) is 8.23. The standard InChI is InChI=1S/C13H18O/c1-5-6-12(14)11-7-10(2)8-13(3,4)9-11/h5-8H,9H2,1-4H3/b6-5-. The first kappa shape index (κ1) is 11.0. The van der Waals surface area contributed by atoms with E-state index in [0.717, 1.165) is 12.0 Å². The predicted molar refractivity (Wildman–Crippen MR) is 60.1 cm³/mol. The van der Waals surface area contributed by atoms with Gasteiger partial charge in [-0.3, -0.25) is 4.79 Å². The van der Waals surface area contributed by atoms with Crippen LogP contribution in [0, 0.1) is 5.41 Å². The fraction of sp³-hybridized carbons (Fsp3) is 0.462. The zero-order chi connectivity index (χ0) is 10.8. The molecule has 0 heterocycles. The molecule has 0 spiro atoms. The SMILES string of the molecule is C/C=C\C(=O)C1=CC(C)=CC(C)(C)C1. The van der Waals surface area contributed by atoms with Gasteiger partial charge in [-0.1, -0.05) is 37.6 Å². The molecular formula is C13H18O. The third-order valence-corrected chi connectivity index (χ3v) is 2.30. The van der Waals surface area contributed by atoms with E-state index in [0.29, 0.717) is 0 Å². The fourth-order valence-electron chi connectivity index (χ4n) is 1.94. The Morgan fingerprint density at radius 3 is 2.64 bits per heavy atom. The zero-order valence-electron chi connectivity index (χ0n) is 9.42. The molecule has 0 saturated heterocycles. The van der Waals surface area contributed by atoms with Gasteiger partial charge in [0.15, 0.2) is 5.78 Å². The van der Waals surface area contributed by atoms with Crippen LogP contribution in [-0.2, 0) is 4.79 Å². The largest absolute Gasteiger partial charge is 0.290 e. The van der Waals surface area contributed by atoms with Crippen molar-refractivity contribution in [1.82, 2.24) is 0 Å². The van der Waals surface area contributed by atoms with E-state index in [9.17, 15) is 4.79 Å². The summed E-state index contributed by atoms with van der Waals surface area (Å²) >= 11 is 0. The van der Waals surface area contributed by atoms with Crippen molar-refractivity contribution in [2.45, 2.75) is 34.1 Å². The molecular weight excluding hydrogens is 172 g/mol. The quantitative estimate of drug-likeness (QED) is 0.610. The maximum atomic E-state index is 11.6. The molecule has 14 heavy (non-hydrogen) atoms. The number of hydrogen-bond acceptors (Lipinski definition) is 1. The van der Waals surface area contributed by atoms with Gasteiger partial charge in [-0.15, -0.1) is 0 Å². The number of allylic oxidation sites excluding steroid dienone is 6. The van der Waals surface area contributed by atoms with Gasteiger partial charge in [0.05, 0.1) is 0 Å².